The molecule has 0 heterocycles. The van der Waals surface area contributed by atoms with E-state index in [0.717, 1.165) is 19.5 Å². The Morgan fingerprint density at radius 1 is 1.38 bits per heavy atom. The van der Waals surface area contributed by atoms with Gasteiger partial charge >= 0.3 is 0 Å². The minimum Gasteiger partial charge on any atom is -0.396 e. The highest BCUT2D eigenvalue weighted by Crippen LogP contribution is 2.28. The van der Waals surface area contributed by atoms with E-state index in [1.54, 1.807) is 0 Å². The van der Waals surface area contributed by atoms with Gasteiger partial charge < -0.3 is 10.2 Å². The van der Waals surface area contributed by atoms with E-state index < -0.39 is 5.60 Å². The van der Waals surface area contributed by atoms with E-state index in [4.69, 9.17) is 5.11 Å². The summed E-state index contributed by atoms with van der Waals surface area (Å²) in [5, 5.41) is 19.2. The zero-order chi connectivity index (χ0) is 12.2. The Kier molecular flexibility index (Phi) is 5.22. The van der Waals surface area contributed by atoms with Crippen LogP contribution in [0.1, 0.15) is 46.5 Å². The first-order valence-corrected chi connectivity index (χ1v) is 6.54. The molecule has 1 atom stereocenters. The maximum atomic E-state index is 10.3. The van der Waals surface area contributed by atoms with Gasteiger partial charge in [-0.3, -0.25) is 4.90 Å². The van der Waals surface area contributed by atoms with Crippen LogP contribution >= 0.6 is 0 Å². The van der Waals surface area contributed by atoms with E-state index >= 15 is 0 Å². The molecule has 2 N–H and O–H groups in total. The van der Waals surface area contributed by atoms with Gasteiger partial charge in [-0.1, -0.05) is 20.3 Å². The van der Waals surface area contributed by atoms with Crippen LogP contribution in [0.5, 0.6) is 0 Å². The molecule has 96 valence electrons. The number of aliphatic hydroxyl groups is 2. The van der Waals surface area contributed by atoms with Gasteiger partial charge in [0, 0.05) is 25.7 Å². The highest BCUT2D eigenvalue weighted by Gasteiger charge is 2.32. The lowest BCUT2D eigenvalue weighted by Crippen LogP contribution is -2.50. The van der Waals surface area contributed by atoms with Crippen LogP contribution in [-0.2, 0) is 0 Å². The fourth-order valence-corrected chi connectivity index (χ4v) is 2.01. The van der Waals surface area contributed by atoms with Crippen LogP contribution in [0, 0.1) is 5.92 Å². The van der Waals surface area contributed by atoms with Gasteiger partial charge in [0.05, 0.1) is 5.60 Å². The van der Waals surface area contributed by atoms with E-state index in [0.29, 0.717) is 6.04 Å². The van der Waals surface area contributed by atoms with Crippen LogP contribution < -0.4 is 0 Å². The molecule has 1 fully saturated rings. The quantitative estimate of drug-likeness (QED) is 0.697. The molecule has 1 aliphatic carbocycles. The Labute approximate surface area is 99.5 Å². The van der Waals surface area contributed by atoms with Crippen molar-refractivity contribution in [1.29, 1.82) is 0 Å². The number of nitrogens with zero attached hydrogens (tertiary/aromatic N) is 1. The molecule has 0 aromatic carbocycles. The van der Waals surface area contributed by atoms with Crippen LogP contribution in [0.2, 0.25) is 0 Å². The minimum atomic E-state index is -0.620. The van der Waals surface area contributed by atoms with Gasteiger partial charge in [-0.15, -0.1) is 0 Å². The zero-order valence-electron chi connectivity index (χ0n) is 10.9. The van der Waals surface area contributed by atoms with Crippen molar-refractivity contribution in [1.82, 2.24) is 4.90 Å². The van der Waals surface area contributed by atoms with Crippen LogP contribution in [0.4, 0.5) is 0 Å². The summed E-state index contributed by atoms with van der Waals surface area (Å²) >= 11 is 0. The predicted octanol–water partition coefficient (Wildman–Crippen LogP) is 1.63. The first-order chi connectivity index (χ1) is 7.47. The first-order valence-electron chi connectivity index (χ1n) is 6.54. The lowest BCUT2D eigenvalue weighted by atomic mass is 9.87. The van der Waals surface area contributed by atoms with E-state index in [2.05, 4.69) is 18.7 Å². The third-order valence-electron chi connectivity index (χ3n) is 3.96. The summed E-state index contributed by atoms with van der Waals surface area (Å²) in [4.78, 5) is 2.36. The SMILES string of the molecule is CC(C)C(C)(O)CN(CCCO)C1CCC1. The molecule has 1 saturated carbocycles. The molecule has 1 unspecified atom stereocenters. The Morgan fingerprint density at radius 3 is 2.38 bits per heavy atom. The number of rotatable bonds is 7. The van der Waals surface area contributed by atoms with Gasteiger partial charge in [0.2, 0.25) is 0 Å². The second-order valence-corrected chi connectivity index (χ2v) is 5.64. The molecule has 0 spiro atoms. The maximum Gasteiger partial charge on any atom is 0.0768 e. The number of hydrogen-bond donors (Lipinski definition) is 2. The molecule has 0 aromatic heterocycles. The largest absolute Gasteiger partial charge is 0.396 e. The lowest BCUT2D eigenvalue weighted by Gasteiger charge is -2.42. The average molecular weight is 229 g/mol. The third-order valence-corrected chi connectivity index (χ3v) is 3.96. The van der Waals surface area contributed by atoms with E-state index in [-0.39, 0.29) is 12.5 Å². The van der Waals surface area contributed by atoms with Crippen LogP contribution in [0.15, 0.2) is 0 Å². The summed E-state index contributed by atoms with van der Waals surface area (Å²) in [7, 11) is 0. The highest BCUT2D eigenvalue weighted by molar-refractivity contribution is 4.87. The number of aliphatic hydroxyl groups excluding tert-OH is 1. The van der Waals surface area contributed by atoms with Gasteiger partial charge in [-0.2, -0.15) is 0 Å². The first kappa shape index (κ1) is 13.9. The smallest absolute Gasteiger partial charge is 0.0768 e. The lowest BCUT2D eigenvalue weighted by molar-refractivity contribution is -0.0398. The molecule has 0 aromatic rings. The molecule has 0 bridgehead atoms. The summed E-state index contributed by atoms with van der Waals surface area (Å²) in [6.07, 6.45) is 4.62. The van der Waals surface area contributed by atoms with Gasteiger partial charge in [0.15, 0.2) is 0 Å². The molecule has 1 aliphatic rings. The maximum absolute atomic E-state index is 10.3. The van der Waals surface area contributed by atoms with E-state index in [1.807, 2.05) is 6.92 Å². The van der Waals surface area contributed by atoms with Crippen LogP contribution in [0.3, 0.4) is 0 Å². The fraction of sp³-hybridized carbons (Fsp3) is 1.00. The summed E-state index contributed by atoms with van der Waals surface area (Å²) in [6.45, 7) is 7.92. The molecule has 0 amide bonds. The molecule has 0 saturated heterocycles. The standard InChI is InChI=1S/C13H27NO2/c1-11(2)13(3,16)10-14(8-5-9-15)12-6-4-7-12/h11-12,15-16H,4-10H2,1-3H3. The topological polar surface area (TPSA) is 43.7 Å². The van der Waals surface area contributed by atoms with Gasteiger partial charge in [-0.25, -0.2) is 0 Å². The second kappa shape index (κ2) is 5.99. The average Bonchev–Trinajstić information content (AvgIpc) is 2.10. The van der Waals surface area contributed by atoms with E-state index in [1.165, 1.54) is 19.3 Å². The minimum absolute atomic E-state index is 0.243. The van der Waals surface area contributed by atoms with Gasteiger partial charge in [0.25, 0.3) is 0 Å². The van der Waals surface area contributed by atoms with Crippen molar-refractivity contribution in [3.8, 4) is 0 Å². The van der Waals surface area contributed by atoms with Crippen molar-refractivity contribution in [3.05, 3.63) is 0 Å². The summed E-state index contributed by atoms with van der Waals surface area (Å²) in [5.41, 5.74) is -0.620. The Hall–Kier alpha value is -0.120. The highest BCUT2D eigenvalue weighted by atomic mass is 16.3. The molecule has 0 aliphatic heterocycles. The third kappa shape index (κ3) is 3.72. The molecular formula is C13H27NO2. The number of hydrogen-bond acceptors (Lipinski definition) is 3. The Bertz CT molecular complexity index is 200. The monoisotopic (exact) mass is 229 g/mol. The van der Waals surface area contributed by atoms with Crippen molar-refractivity contribution in [2.24, 2.45) is 5.92 Å². The Morgan fingerprint density at radius 2 is 2.00 bits per heavy atom. The second-order valence-electron chi connectivity index (χ2n) is 5.64. The molecule has 16 heavy (non-hydrogen) atoms. The van der Waals surface area contributed by atoms with Crippen molar-refractivity contribution in [2.45, 2.75) is 58.1 Å². The molecule has 3 nitrogen and oxygen atoms in total. The Balaban J connectivity index is 2.48. The van der Waals surface area contributed by atoms with Crippen molar-refractivity contribution >= 4 is 0 Å². The van der Waals surface area contributed by atoms with Crippen molar-refractivity contribution < 1.29 is 10.2 Å². The summed E-state index contributed by atoms with van der Waals surface area (Å²) in [5.74, 6) is 0.268. The zero-order valence-corrected chi connectivity index (χ0v) is 10.9. The van der Waals surface area contributed by atoms with Crippen LogP contribution in [0.25, 0.3) is 0 Å². The molecule has 0 radical (unpaired) electrons. The van der Waals surface area contributed by atoms with Gasteiger partial charge in [-0.05, 0) is 32.1 Å². The summed E-state index contributed by atoms with van der Waals surface area (Å²) in [6, 6.07) is 0.636. The fourth-order valence-electron chi connectivity index (χ4n) is 2.01. The molecular weight excluding hydrogens is 202 g/mol. The van der Waals surface area contributed by atoms with E-state index in [9.17, 15) is 5.11 Å². The van der Waals surface area contributed by atoms with Crippen molar-refractivity contribution in [2.75, 3.05) is 19.7 Å². The van der Waals surface area contributed by atoms with Crippen LogP contribution in [-0.4, -0.2) is 46.5 Å². The molecule has 1 rings (SSSR count). The summed E-state index contributed by atoms with van der Waals surface area (Å²) < 4.78 is 0. The normalized spacial score (nSPS) is 21.2. The van der Waals surface area contributed by atoms with Gasteiger partial charge in [0.1, 0.15) is 0 Å². The van der Waals surface area contributed by atoms with Crippen molar-refractivity contribution in [3.63, 3.8) is 0 Å². The molecule has 3 heteroatoms. The predicted molar refractivity (Wildman–Crippen MR) is 66.4 cm³/mol.